The summed E-state index contributed by atoms with van der Waals surface area (Å²) in [6.45, 7) is 1.58. The number of benzene rings is 1. The number of nitrogens with zero attached hydrogens (tertiary/aromatic N) is 2. The average Bonchev–Trinajstić information content (AvgIpc) is 2.45. The first-order valence-electron chi connectivity index (χ1n) is 6.12. The van der Waals surface area contributed by atoms with Crippen LogP contribution in [0.5, 0.6) is 0 Å². The zero-order chi connectivity index (χ0) is 14.5. The molecule has 104 valence electrons. The fraction of sp³-hybridized carbons (Fsp3) is 0.214. The van der Waals surface area contributed by atoms with Crippen LogP contribution in [0, 0.1) is 0 Å². The molecule has 0 amide bonds. The Morgan fingerprint density at radius 1 is 1.40 bits per heavy atom. The summed E-state index contributed by atoms with van der Waals surface area (Å²) >= 11 is 0. The Kier molecular flexibility index (Phi) is 4.27. The van der Waals surface area contributed by atoms with E-state index >= 15 is 0 Å². The summed E-state index contributed by atoms with van der Waals surface area (Å²) in [5.41, 5.74) is 1.05. The first-order chi connectivity index (χ1) is 9.60. The number of hydrogen-bond donors (Lipinski definition) is 2. The minimum absolute atomic E-state index is 0.00974. The first kappa shape index (κ1) is 14.0. The Morgan fingerprint density at radius 2 is 2.20 bits per heavy atom. The van der Waals surface area contributed by atoms with E-state index in [4.69, 9.17) is 5.11 Å². The second-order valence-corrected chi connectivity index (χ2v) is 4.32. The summed E-state index contributed by atoms with van der Waals surface area (Å²) < 4.78 is 1.08. The zero-order valence-electron chi connectivity index (χ0n) is 11.0. The third kappa shape index (κ3) is 3.30. The van der Waals surface area contributed by atoms with Gasteiger partial charge in [-0.15, -0.1) is 0 Å². The Bertz CT molecular complexity index is 679. The molecule has 6 heteroatoms. The van der Waals surface area contributed by atoms with Gasteiger partial charge in [-0.25, -0.2) is 4.79 Å². The highest BCUT2D eigenvalue weighted by Crippen LogP contribution is 2.08. The van der Waals surface area contributed by atoms with E-state index in [-0.39, 0.29) is 5.78 Å². The van der Waals surface area contributed by atoms with Crippen LogP contribution < -0.4 is 11.0 Å². The molecule has 0 saturated carbocycles. The minimum Gasteiger partial charge on any atom is -0.376 e. The molecule has 0 aliphatic carbocycles. The lowest BCUT2D eigenvalue weighted by Crippen LogP contribution is -2.23. The van der Waals surface area contributed by atoms with E-state index in [1.54, 1.807) is 18.2 Å². The standard InChI is InChI=1S/C14H15N3O3/c1-10(19)12-4-2-3-11(7-12)8-15-13-5-6-17(9-18)14(20)16-13/h2-7,18H,8-9H2,1H3,(H,15,16,20). The van der Waals surface area contributed by atoms with Gasteiger partial charge in [0, 0.05) is 18.3 Å². The average molecular weight is 273 g/mol. The zero-order valence-corrected chi connectivity index (χ0v) is 11.0. The van der Waals surface area contributed by atoms with E-state index in [1.165, 1.54) is 13.1 Å². The Morgan fingerprint density at radius 3 is 2.85 bits per heavy atom. The fourth-order valence-corrected chi connectivity index (χ4v) is 1.73. The molecule has 0 aliphatic heterocycles. The van der Waals surface area contributed by atoms with E-state index in [1.807, 2.05) is 12.1 Å². The molecule has 2 N–H and O–H groups in total. The highest BCUT2D eigenvalue weighted by Gasteiger charge is 2.02. The van der Waals surface area contributed by atoms with Crippen LogP contribution in [-0.4, -0.2) is 20.4 Å². The van der Waals surface area contributed by atoms with Crippen LogP contribution in [-0.2, 0) is 13.3 Å². The number of aliphatic hydroxyl groups is 1. The molecular weight excluding hydrogens is 258 g/mol. The molecule has 0 spiro atoms. The van der Waals surface area contributed by atoms with E-state index < -0.39 is 12.4 Å². The molecule has 20 heavy (non-hydrogen) atoms. The number of Topliss-reactive ketones (excluding diaryl/α,β-unsaturated/α-hetero) is 1. The van der Waals surface area contributed by atoms with Crippen LogP contribution in [0.1, 0.15) is 22.8 Å². The molecule has 0 aliphatic rings. The molecule has 1 aromatic heterocycles. The number of hydrogen-bond acceptors (Lipinski definition) is 5. The van der Waals surface area contributed by atoms with Crippen molar-refractivity contribution >= 4 is 11.6 Å². The van der Waals surface area contributed by atoms with Gasteiger partial charge in [0.25, 0.3) is 0 Å². The van der Waals surface area contributed by atoms with Crippen molar-refractivity contribution in [3.05, 3.63) is 58.1 Å². The molecule has 0 bridgehead atoms. The van der Waals surface area contributed by atoms with Crippen molar-refractivity contribution in [1.82, 2.24) is 9.55 Å². The molecule has 0 fully saturated rings. The van der Waals surface area contributed by atoms with Gasteiger partial charge >= 0.3 is 5.69 Å². The number of ketones is 1. The third-order valence-electron chi connectivity index (χ3n) is 2.83. The van der Waals surface area contributed by atoms with Crippen LogP contribution in [0.2, 0.25) is 0 Å². The van der Waals surface area contributed by atoms with E-state index in [0.29, 0.717) is 17.9 Å². The van der Waals surface area contributed by atoms with Gasteiger partial charge in [-0.2, -0.15) is 4.98 Å². The molecule has 2 aromatic rings. The number of aliphatic hydroxyl groups excluding tert-OH is 1. The van der Waals surface area contributed by atoms with E-state index in [0.717, 1.165) is 10.1 Å². The van der Waals surface area contributed by atoms with Crippen LogP contribution in [0.25, 0.3) is 0 Å². The lowest BCUT2D eigenvalue weighted by atomic mass is 10.1. The van der Waals surface area contributed by atoms with Gasteiger partial charge in [-0.05, 0) is 24.6 Å². The maximum absolute atomic E-state index is 11.4. The van der Waals surface area contributed by atoms with Gasteiger partial charge in [0.15, 0.2) is 5.78 Å². The number of rotatable bonds is 5. The summed E-state index contributed by atoms with van der Waals surface area (Å²) in [5, 5.41) is 11.9. The van der Waals surface area contributed by atoms with Gasteiger partial charge in [0.05, 0.1) is 0 Å². The molecule has 0 unspecified atom stereocenters. The summed E-state index contributed by atoms with van der Waals surface area (Å²) in [5.74, 6) is 0.434. The molecule has 0 saturated heterocycles. The van der Waals surface area contributed by atoms with Gasteiger partial charge in [0.2, 0.25) is 0 Å². The number of carbonyl (C=O) groups excluding carboxylic acids is 1. The molecule has 1 heterocycles. The van der Waals surface area contributed by atoms with Gasteiger partial charge in [-0.3, -0.25) is 9.36 Å². The van der Waals surface area contributed by atoms with Crippen LogP contribution in [0.15, 0.2) is 41.3 Å². The van der Waals surface area contributed by atoms with Crippen molar-refractivity contribution in [1.29, 1.82) is 0 Å². The SMILES string of the molecule is CC(=O)c1cccc(CNc2ccn(CO)c(=O)n2)c1. The normalized spacial score (nSPS) is 10.3. The highest BCUT2D eigenvalue weighted by molar-refractivity contribution is 5.94. The van der Waals surface area contributed by atoms with Gasteiger partial charge < -0.3 is 10.4 Å². The van der Waals surface area contributed by atoms with Crippen molar-refractivity contribution in [2.75, 3.05) is 5.32 Å². The maximum atomic E-state index is 11.4. The Balaban J connectivity index is 2.09. The number of aromatic nitrogens is 2. The van der Waals surface area contributed by atoms with Crippen molar-refractivity contribution in [3.8, 4) is 0 Å². The summed E-state index contributed by atoms with van der Waals surface area (Å²) in [6.07, 6.45) is 1.46. The molecule has 0 radical (unpaired) electrons. The molecule has 6 nitrogen and oxygen atoms in total. The maximum Gasteiger partial charge on any atom is 0.351 e. The van der Waals surface area contributed by atoms with Gasteiger partial charge in [0.1, 0.15) is 12.5 Å². The van der Waals surface area contributed by atoms with Crippen LogP contribution in [0.3, 0.4) is 0 Å². The third-order valence-corrected chi connectivity index (χ3v) is 2.83. The largest absolute Gasteiger partial charge is 0.376 e. The molecule has 0 atom stereocenters. The molecular formula is C14H15N3O3. The lowest BCUT2D eigenvalue weighted by molar-refractivity contribution is 0.101. The predicted molar refractivity (Wildman–Crippen MR) is 74.5 cm³/mol. The smallest absolute Gasteiger partial charge is 0.351 e. The molecule has 2 rings (SSSR count). The Labute approximate surface area is 115 Å². The number of anilines is 1. The monoisotopic (exact) mass is 273 g/mol. The summed E-state index contributed by atoms with van der Waals surface area (Å²) in [7, 11) is 0. The summed E-state index contributed by atoms with van der Waals surface area (Å²) in [6, 6.07) is 8.85. The first-order valence-corrected chi connectivity index (χ1v) is 6.12. The topological polar surface area (TPSA) is 84.2 Å². The van der Waals surface area contributed by atoms with Crippen LogP contribution in [0.4, 0.5) is 5.82 Å². The van der Waals surface area contributed by atoms with Crippen molar-refractivity contribution in [2.24, 2.45) is 0 Å². The van der Waals surface area contributed by atoms with Crippen LogP contribution >= 0.6 is 0 Å². The second kappa shape index (κ2) is 6.12. The fourth-order valence-electron chi connectivity index (χ4n) is 1.73. The predicted octanol–water partition coefficient (Wildman–Crippen LogP) is 1.01. The minimum atomic E-state index is -0.519. The number of nitrogens with one attached hydrogen (secondary N) is 1. The van der Waals surface area contributed by atoms with E-state index in [9.17, 15) is 9.59 Å². The number of carbonyl (C=O) groups is 1. The van der Waals surface area contributed by atoms with E-state index in [2.05, 4.69) is 10.3 Å². The van der Waals surface area contributed by atoms with Crippen molar-refractivity contribution < 1.29 is 9.90 Å². The van der Waals surface area contributed by atoms with Crippen molar-refractivity contribution in [3.63, 3.8) is 0 Å². The quantitative estimate of drug-likeness (QED) is 0.794. The summed E-state index contributed by atoms with van der Waals surface area (Å²) in [4.78, 5) is 26.5. The van der Waals surface area contributed by atoms with Gasteiger partial charge in [-0.1, -0.05) is 18.2 Å². The highest BCUT2D eigenvalue weighted by atomic mass is 16.3. The van der Waals surface area contributed by atoms with Crippen molar-refractivity contribution in [2.45, 2.75) is 20.2 Å². The Hall–Kier alpha value is -2.47. The molecule has 1 aromatic carbocycles. The second-order valence-electron chi connectivity index (χ2n) is 4.32. The lowest BCUT2D eigenvalue weighted by Gasteiger charge is -2.07.